The molecule has 2 heterocycles. The Hall–Kier alpha value is -1.43. The van der Waals surface area contributed by atoms with Gasteiger partial charge >= 0.3 is 0 Å². The Labute approximate surface area is 145 Å². The maximum absolute atomic E-state index is 11.1. The number of carbonyl (C=O) groups excluding carboxylic acids is 1. The van der Waals surface area contributed by atoms with Crippen LogP contribution >= 0.6 is 0 Å². The molecule has 0 aliphatic carbocycles. The van der Waals surface area contributed by atoms with E-state index in [9.17, 15) is 4.79 Å². The molecule has 0 saturated carbocycles. The monoisotopic (exact) mass is 330 g/mol. The van der Waals surface area contributed by atoms with Crippen molar-refractivity contribution in [2.24, 2.45) is 5.73 Å². The maximum atomic E-state index is 11.1. The third kappa shape index (κ3) is 5.03. The molecule has 2 aliphatic rings. The summed E-state index contributed by atoms with van der Waals surface area (Å²) in [6, 6.07) is 7.69. The zero-order chi connectivity index (χ0) is 16.8. The van der Waals surface area contributed by atoms with Crippen LogP contribution in [0.25, 0.3) is 0 Å². The van der Waals surface area contributed by atoms with Gasteiger partial charge in [0.25, 0.3) is 0 Å². The number of piperidine rings is 1. The standard InChI is InChI=1S/C19H30N4O/c20-19(24)18-6-4-17(5-7-18)16-23-14-12-22(13-15-23)11-10-21-8-2-1-3-9-21/h4-7H,1-3,8-16H2,(H2,20,24). The topological polar surface area (TPSA) is 52.8 Å². The van der Waals surface area contributed by atoms with Gasteiger partial charge in [-0.15, -0.1) is 0 Å². The third-order valence-corrected chi connectivity index (χ3v) is 5.29. The Balaban J connectivity index is 1.37. The molecule has 3 rings (SSSR count). The molecule has 0 unspecified atom stereocenters. The number of carbonyl (C=O) groups is 1. The molecule has 24 heavy (non-hydrogen) atoms. The van der Waals surface area contributed by atoms with E-state index in [0.717, 1.165) is 32.7 Å². The molecule has 1 amide bonds. The van der Waals surface area contributed by atoms with Crippen LogP contribution in [0.1, 0.15) is 35.2 Å². The smallest absolute Gasteiger partial charge is 0.248 e. The maximum Gasteiger partial charge on any atom is 0.248 e. The van der Waals surface area contributed by atoms with Crippen molar-refractivity contribution in [3.05, 3.63) is 35.4 Å². The van der Waals surface area contributed by atoms with Crippen LogP contribution in [0.15, 0.2) is 24.3 Å². The van der Waals surface area contributed by atoms with Crippen molar-refractivity contribution in [3.63, 3.8) is 0 Å². The van der Waals surface area contributed by atoms with E-state index in [-0.39, 0.29) is 5.91 Å². The van der Waals surface area contributed by atoms with Crippen LogP contribution in [0.3, 0.4) is 0 Å². The molecule has 2 N–H and O–H groups in total. The quantitative estimate of drug-likeness (QED) is 0.856. The number of piperazine rings is 1. The number of benzene rings is 1. The number of primary amides is 1. The normalized spacial score (nSPS) is 21.0. The SMILES string of the molecule is NC(=O)c1ccc(CN2CCN(CCN3CCCCC3)CC2)cc1. The second kappa shape index (κ2) is 8.60. The highest BCUT2D eigenvalue weighted by molar-refractivity contribution is 5.92. The van der Waals surface area contributed by atoms with Crippen LogP contribution in [0.2, 0.25) is 0 Å². The fourth-order valence-corrected chi connectivity index (χ4v) is 3.67. The molecular formula is C19H30N4O. The number of rotatable bonds is 6. The van der Waals surface area contributed by atoms with E-state index in [1.165, 1.54) is 51.0 Å². The van der Waals surface area contributed by atoms with Crippen LogP contribution in [0.5, 0.6) is 0 Å². The van der Waals surface area contributed by atoms with Crippen molar-refractivity contribution in [2.75, 3.05) is 52.4 Å². The molecule has 0 spiro atoms. The van der Waals surface area contributed by atoms with Crippen molar-refractivity contribution in [3.8, 4) is 0 Å². The van der Waals surface area contributed by atoms with E-state index < -0.39 is 0 Å². The molecule has 0 atom stereocenters. The summed E-state index contributed by atoms with van der Waals surface area (Å²) in [6.07, 6.45) is 4.17. The van der Waals surface area contributed by atoms with Crippen molar-refractivity contribution in [2.45, 2.75) is 25.8 Å². The number of amides is 1. The molecule has 0 bridgehead atoms. The van der Waals surface area contributed by atoms with E-state index in [0.29, 0.717) is 5.56 Å². The number of likely N-dealkylation sites (tertiary alicyclic amines) is 1. The van der Waals surface area contributed by atoms with Crippen LogP contribution < -0.4 is 5.73 Å². The summed E-state index contributed by atoms with van der Waals surface area (Å²) in [5.41, 5.74) is 7.12. The van der Waals surface area contributed by atoms with Gasteiger partial charge in [0, 0.05) is 51.4 Å². The molecule has 1 aromatic carbocycles. The minimum atomic E-state index is -0.358. The van der Waals surface area contributed by atoms with E-state index in [2.05, 4.69) is 14.7 Å². The molecule has 2 aliphatic heterocycles. The minimum Gasteiger partial charge on any atom is -0.366 e. The van der Waals surface area contributed by atoms with Crippen LogP contribution in [0, 0.1) is 0 Å². The Morgan fingerprint density at radius 3 is 1.92 bits per heavy atom. The van der Waals surface area contributed by atoms with Crippen molar-refractivity contribution < 1.29 is 4.79 Å². The summed E-state index contributed by atoms with van der Waals surface area (Å²) >= 11 is 0. The Morgan fingerprint density at radius 1 is 0.792 bits per heavy atom. The van der Waals surface area contributed by atoms with Gasteiger partial charge in [0.2, 0.25) is 5.91 Å². The van der Waals surface area contributed by atoms with Gasteiger partial charge in [-0.25, -0.2) is 0 Å². The Bertz CT molecular complexity index is 517. The molecule has 2 fully saturated rings. The van der Waals surface area contributed by atoms with Gasteiger partial charge in [0.15, 0.2) is 0 Å². The number of hydrogen-bond donors (Lipinski definition) is 1. The summed E-state index contributed by atoms with van der Waals surface area (Å²) < 4.78 is 0. The molecular weight excluding hydrogens is 300 g/mol. The summed E-state index contributed by atoms with van der Waals surface area (Å²) in [5.74, 6) is -0.358. The summed E-state index contributed by atoms with van der Waals surface area (Å²) in [6.45, 7) is 10.5. The Morgan fingerprint density at radius 2 is 1.33 bits per heavy atom. The first-order chi connectivity index (χ1) is 11.7. The second-order valence-corrected chi connectivity index (χ2v) is 7.08. The van der Waals surface area contributed by atoms with Crippen LogP contribution in [0.4, 0.5) is 0 Å². The lowest BCUT2D eigenvalue weighted by atomic mass is 10.1. The summed E-state index contributed by atoms with van der Waals surface area (Å²) in [5, 5.41) is 0. The molecule has 0 radical (unpaired) electrons. The van der Waals surface area contributed by atoms with E-state index in [4.69, 9.17) is 5.73 Å². The molecule has 132 valence electrons. The lowest BCUT2D eigenvalue weighted by Gasteiger charge is -2.36. The van der Waals surface area contributed by atoms with Crippen molar-refractivity contribution >= 4 is 5.91 Å². The second-order valence-electron chi connectivity index (χ2n) is 7.08. The van der Waals surface area contributed by atoms with Gasteiger partial charge in [-0.2, -0.15) is 0 Å². The van der Waals surface area contributed by atoms with E-state index in [1.54, 1.807) is 0 Å². The lowest BCUT2D eigenvalue weighted by Crippen LogP contribution is -2.48. The van der Waals surface area contributed by atoms with Crippen molar-refractivity contribution in [1.29, 1.82) is 0 Å². The molecule has 2 saturated heterocycles. The van der Waals surface area contributed by atoms with Gasteiger partial charge < -0.3 is 10.6 Å². The minimum absolute atomic E-state index is 0.358. The predicted octanol–water partition coefficient (Wildman–Crippen LogP) is 1.39. The fourth-order valence-electron chi connectivity index (χ4n) is 3.67. The third-order valence-electron chi connectivity index (χ3n) is 5.29. The molecule has 5 nitrogen and oxygen atoms in total. The summed E-state index contributed by atoms with van der Waals surface area (Å²) in [7, 11) is 0. The first kappa shape index (κ1) is 17.4. The number of nitrogens with two attached hydrogens (primary N) is 1. The predicted molar refractivity (Wildman–Crippen MR) is 97.0 cm³/mol. The fraction of sp³-hybridized carbons (Fsp3) is 0.632. The van der Waals surface area contributed by atoms with Crippen LogP contribution in [-0.4, -0.2) is 73.0 Å². The zero-order valence-corrected chi connectivity index (χ0v) is 14.6. The number of hydrogen-bond acceptors (Lipinski definition) is 4. The largest absolute Gasteiger partial charge is 0.366 e. The Kier molecular flexibility index (Phi) is 6.24. The van der Waals surface area contributed by atoms with Crippen molar-refractivity contribution in [1.82, 2.24) is 14.7 Å². The van der Waals surface area contributed by atoms with E-state index in [1.807, 2.05) is 24.3 Å². The van der Waals surface area contributed by atoms with Gasteiger partial charge in [-0.05, 0) is 43.6 Å². The van der Waals surface area contributed by atoms with Gasteiger partial charge in [-0.1, -0.05) is 18.6 Å². The average Bonchev–Trinajstić information content (AvgIpc) is 2.62. The van der Waals surface area contributed by atoms with E-state index >= 15 is 0 Å². The first-order valence-corrected chi connectivity index (χ1v) is 9.26. The highest BCUT2D eigenvalue weighted by atomic mass is 16.1. The van der Waals surface area contributed by atoms with Gasteiger partial charge in [0.1, 0.15) is 0 Å². The molecule has 5 heteroatoms. The first-order valence-electron chi connectivity index (χ1n) is 9.26. The lowest BCUT2D eigenvalue weighted by molar-refractivity contribution is 0.1000. The average molecular weight is 330 g/mol. The highest BCUT2D eigenvalue weighted by Crippen LogP contribution is 2.11. The van der Waals surface area contributed by atoms with Gasteiger partial charge in [-0.3, -0.25) is 14.6 Å². The molecule has 0 aromatic heterocycles. The molecule has 1 aromatic rings. The summed E-state index contributed by atoms with van der Waals surface area (Å²) in [4.78, 5) is 18.8. The zero-order valence-electron chi connectivity index (χ0n) is 14.6. The van der Waals surface area contributed by atoms with Gasteiger partial charge in [0.05, 0.1) is 0 Å². The highest BCUT2D eigenvalue weighted by Gasteiger charge is 2.18. The van der Waals surface area contributed by atoms with Crippen LogP contribution in [-0.2, 0) is 6.54 Å². The number of nitrogens with zero attached hydrogens (tertiary/aromatic N) is 3.